The van der Waals surface area contributed by atoms with Crippen LogP contribution < -0.4 is 0 Å². The topological polar surface area (TPSA) is 94.2 Å². The summed E-state index contributed by atoms with van der Waals surface area (Å²) in [5, 5.41) is 19.7. The Labute approximate surface area is 177 Å². The predicted molar refractivity (Wildman–Crippen MR) is 114 cm³/mol. The van der Waals surface area contributed by atoms with E-state index in [2.05, 4.69) is 0 Å². The van der Waals surface area contributed by atoms with Crippen LogP contribution in [-0.2, 0) is 9.59 Å². The number of aromatic hydroxyl groups is 1. The molecule has 0 spiro atoms. The highest BCUT2D eigenvalue weighted by Crippen LogP contribution is 2.34. The number of hydrogen-bond acceptors (Lipinski definition) is 7. The Morgan fingerprint density at radius 3 is 2.66 bits per heavy atom. The van der Waals surface area contributed by atoms with Gasteiger partial charge in [0.25, 0.3) is 5.91 Å². The summed E-state index contributed by atoms with van der Waals surface area (Å²) in [5.74, 6) is -0.0855. The number of nitrogens with zero attached hydrogens (tertiary/aromatic N) is 2. The van der Waals surface area contributed by atoms with Crippen LogP contribution in [0.3, 0.4) is 0 Å². The second kappa shape index (κ2) is 8.81. The van der Waals surface area contributed by atoms with Crippen molar-refractivity contribution in [1.29, 1.82) is 0 Å². The lowest BCUT2D eigenvalue weighted by molar-refractivity contribution is -0.139. The summed E-state index contributed by atoms with van der Waals surface area (Å²) in [4.78, 5) is 28.6. The lowest BCUT2D eigenvalue weighted by atomic mass is 10.1. The third-order valence-electron chi connectivity index (χ3n) is 4.49. The summed E-state index contributed by atoms with van der Waals surface area (Å²) in [7, 11) is 1.55. The van der Waals surface area contributed by atoms with Crippen molar-refractivity contribution in [2.45, 2.75) is 19.1 Å². The number of amides is 2. The second-order valence-electron chi connectivity index (χ2n) is 6.57. The van der Waals surface area contributed by atoms with E-state index in [1.807, 2.05) is 0 Å². The smallest absolute Gasteiger partial charge is 0.267 e. The number of phenols is 1. The van der Waals surface area contributed by atoms with Gasteiger partial charge in [-0.05, 0) is 36.8 Å². The molecule has 3 rings (SSSR count). The molecule has 2 amide bonds. The van der Waals surface area contributed by atoms with E-state index in [9.17, 15) is 19.8 Å². The molecule has 0 bridgehead atoms. The molecule has 1 aromatic heterocycles. The number of carbonyl (C=O) groups excluding carboxylic acids is 2. The molecular formula is C20H20N2O5S2. The van der Waals surface area contributed by atoms with E-state index in [0.717, 1.165) is 11.8 Å². The third kappa shape index (κ3) is 4.69. The number of carbonyl (C=O) groups is 2. The molecule has 2 N–H and O–H groups in total. The van der Waals surface area contributed by atoms with Gasteiger partial charge in [0, 0.05) is 13.1 Å². The summed E-state index contributed by atoms with van der Waals surface area (Å²) >= 11 is 6.42. The molecule has 0 unspecified atom stereocenters. The Morgan fingerprint density at radius 2 is 2.03 bits per heavy atom. The minimum absolute atomic E-state index is 0.0327. The Balaban J connectivity index is 1.67. The molecule has 9 heteroatoms. The first kappa shape index (κ1) is 21.1. The van der Waals surface area contributed by atoms with Crippen molar-refractivity contribution in [3.63, 3.8) is 0 Å². The molecule has 7 nitrogen and oxygen atoms in total. The maximum atomic E-state index is 12.8. The molecule has 2 heterocycles. The second-order valence-corrected chi connectivity index (χ2v) is 8.24. The number of likely N-dealkylation sites (N-methyl/N-ethyl adjacent to an activating group) is 1. The minimum Gasteiger partial charge on any atom is -0.508 e. The number of furan rings is 1. The van der Waals surface area contributed by atoms with Crippen molar-refractivity contribution in [2.24, 2.45) is 0 Å². The van der Waals surface area contributed by atoms with Crippen LogP contribution in [0.25, 0.3) is 6.08 Å². The monoisotopic (exact) mass is 432 g/mol. The Bertz CT molecular complexity index is 940. The SMILES string of the molecule is C[C@@H](C(=O)N(C)C[C@H](O)c1ccc(O)cc1)N1C(=O)/C(=C/c2ccco2)SC1=S. The fourth-order valence-corrected chi connectivity index (χ4v) is 4.30. The number of rotatable bonds is 6. The van der Waals surface area contributed by atoms with Gasteiger partial charge in [-0.2, -0.15) is 0 Å². The van der Waals surface area contributed by atoms with Crippen molar-refractivity contribution < 1.29 is 24.2 Å². The lowest BCUT2D eigenvalue weighted by Crippen LogP contribution is -2.48. The Hall–Kier alpha value is -2.62. The van der Waals surface area contributed by atoms with Crippen molar-refractivity contribution in [1.82, 2.24) is 9.80 Å². The Kier molecular flexibility index (Phi) is 6.41. The number of aliphatic hydroxyl groups is 1. The van der Waals surface area contributed by atoms with Crippen LogP contribution in [0.4, 0.5) is 0 Å². The van der Waals surface area contributed by atoms with Gasteiger partial charge in [-0.25, -0.2) is 0 Å². The Morgan fingerprint density at radius 1 is 1.34 bits per heavy atom. The van der Waals surface area contributed by atoms with Crippen molar-refractivity contribution >= 4 is 46.2 Å². The summed E-state index contributed by atoms with van der Waals surface area (Å²) in [6.45, 7) is 1.64. The van der Waals surface area contributed by atoms with Gasteiger partial charge < -0.3 is 19.5 Å². The zero-order chi connectivity index (χ0) is 21.1. The standard InChI is InChI=1S/C20H20N2O5S2/c1-12(18(25)21(2)11-16(24)13-5-7-14(23)8-6-13)22-19(26)17(29-20(22)28)10-15-4-3-9-27-15/h3-10,12,16,23-24H,11H2,1-2H3/b17-10-/t12-,16-/m0/s1. The number of thioether (sulfide) groups is 1. The molecular weight excluding hydrogens is 412 g/mol. The van der Waals surface area contributed by atoms with Crippen molar-refractivity contribution in [3.05, 3.63) is 58.9 Å². The average molecular weight is 433 g/mol. The first-order chi connectivity index (χ1) is 13.8. The average Bonchev–Trinajstić information content (AvgIpc) is 3.29. The van der Waals surface area contributed by atoms with Crippen molar-refractivity contribution in [3.8, 4) is 5.75 Å². The van der Waals surface area contributed by atoms with E-state index >= 15 is 0 Å². The zero-order valence-electron chi connectivity index (χ0n) is 15.8. The van der Waals surface area contributed by atoms with Gasteiger partial charge in [0.05, 0.1) is 23.8 Å². The molecule has 2 aromatic rings. The predicted octanol–water partition coefficient (Wildman–Crippen LogP) is 2.77. The third-order valence-corrected chi connectivity index (χ3v) is 5.82. The van der Waals surface area contributed by atoms with E-state index < -0.39 is 12.1 Å². The highest BCUT2D eigenvalue weighted by atomic mass is 32.2. The van der Waals surface area contributed by atoms with E-state index in [1.165, 1.54) is 28.2 Å². The number of thiocarbonyl (C=S) groups is 1. The quantitative estimate of drug-likeness (QED) is 0.535. The highest BCUT2D eigenvalue weighted by Gasteiger charge is 2.39. The maximum absolute atomic E-state index is 12.8. The molecule has 1 aliphatic heterocycles. The van der Waals surface area contributed by atoms with Crippen LogP contribution in [0, 0.1) is 0 Å². The molecule has 2 atom stereocenters. The van der Waals surface area contributed by atoms with Gasteiger partial charge in [0.1, 0.15) is 21.9 Å². The summed E-state index contributed by atoms with van der Waals surface area (Å²) in [6, 6.07) is 8.73. The van der Waals surface area contributed by atoms with E-state index in [4.69, 9.17) is 16.6 Å². The summed E-state index contributed by atoms with van der Waals surface area (Å²) in [5.41, 5.74) is 0.571. The lowest BCUT2D eigenvalue weighted by Gasteiger charge is -2.28. The molecule has 29 heavy (non-hydrogen) atoms. The van der Waals surface area contributed by atoms with E-state index in [0.29, 0.717) is 20.5 Å². The zero-order valence-corrected chi connectivity index (χ0v) is 17.4. The first-order valence-electron chi connectivity index (χ1n) is 8.80. The number of phenolic OH excluding ortho intramolecular Hbond substituents is 1. The van der Waals surface area contributed by atoms with E-state index in [-0.39, 0.29) is 24.1 Å². The van der Waals surface area contributed by atoms with Gasteiger partial charge in [-0.3, -0.25) is 14.5 Å². The van der Waals surface area contributed by atoms with Gasteiger partial charge in [0.15, 0.2) is 0 Å². The van der Waals surface area contributed by atoms with E-state index in [1.54, 1.807) is 44.3 Å². The fourth-order valence-electron chi connectivity index (χ4n) is 2.90. The van der Waals surface area contributed by atoms with Gasteiger partial charge in [-0.15, -0.1) is 0 Å². The number of aliphatic hydroxyl groups excluding tert-OH is 1. The van der Waals surface area contributed by atoms with Crippen LogP contribution in [-0.4, -0.2) is 55.8 Å². The molecule has 1 fully saturated rings. The normalized spacial score (nSPS) is 17.6. The molecule has 1 aromatic carbocycles. The van der Waals surface area contributed by atoms with Crippen LogP contribution in [0.2, 0.25) is 0 Å². The van der Waals surface area contributed by atoms with Gasteiger partial charge >= 0.3 is 0 Å². The minimum atomic E-state index is -0.929. The molecule has 0 aliphatic carbocycles. The first-order valence-corrected chi connectivity index (χ1v) is 10.0. The fraction of sp³-hybridized carbons (Fsp3) is 0.250. The van der Waals surface area contributed by atoms with Crippen LogP contribution in [0.15, 0.2) is 52.0 Å². The number of benzene rings is 1. The highest BCUT2D eigenvalue weighted by molar-refractivity contribution is 8.26. The van der Waals surface area contributed by atoms with Gasteiger partial charge in [0.2, 0.25) is 5.91 Å². The number of hydrogen-bond donors (Lipinski definition) is 2. The molecule has 1 aliphatic rings. The molecule has 1 saturated heterocycles. The maximum Gasteiger partial charge on any atom is 0.267 e. The molecule has 152 valence electrons. The summed E-state index contributed by atoms with van der Waals surface area (Å²) < 4.78 is 5.52. The van der Waals surface area contributed by atoms with Crippen molar-refractivity contribution in [2.75, 3.05) is 13.6 Å². The summed E-state index contributed by atoms with van der Waals surface area (Å²) in [6.07, 6.45) is 2.17. The van der Waals surface area contributed by atoms with Crippen LogP contribution >= 0.6 is 24.0 Å². The molecule has 0 saturated carbocycles. The van der Waals surface area contributed by atoms with Crippen LogP contribution in [0.1, 0.15) is 24.4 Å². The largest absolute Gasteiger partial charge is 0.508 e. The molecule has 0 radical (unpaired) electrons. The van der Waals surface area contributed by atoms with Crippen LogP contribution in [0.5, 0.6) is 5.75 Å². The van der Waals surface area contributed by atoms with Gasteiger partial charge in [-0.1, -0.05) is 36.1 Å².